The molecule has 9 heteroatoms. The molecule has 0 bridgehead atoms. The Hall–Kier alpha value is -1.70. The summed E-state index contributed by atoms with van der Waals surface area (Å²) < 4.78 is 0. The van der Waals surface area contributed by atoms with Gasteiger partial charge in [0.05, 0.1) is 0 Å². The van der Waals surface area contributed by atoms with Crippen molar-refractivity contribution >= 4 is 29.9 Å². The monoisotopic (exact) mass is 384 g/mol. The zero-order chi connectivity index (χ0) is 16.9. The van der Waals surface area contributed by atoms with E-state index >= 15 is 0 Å². The molecule has 1 fully saturated rings. The highest BCUT2D eigenvalue weighted by Crippen LogP contribution is 2.18. The Morgan fingerprint density at radius 3 is 2.60 bits per heavy atom. The van der Waals surface area contributed by atoms with Gasteiger partial charge in [-0.2, -0.15) is 4.80 Å². The molecule has 1 N–H and O–H groups in total. The summed E-state index contributed by atoms with van der Waals surface area (Å²) in [6.07, 6.45) is 2.07. The predicted octanol–water partition coefficient (Wildman–Crippen LogP) is 1.87. The van der Waals surface area contributed by atoms with Crippen molar-refractivity contribution in [2.45, 2.75) is 19.4 Å². The van der Waals surface area contributed by atoms with E-state index in [2.05, 4.69) is 20.7 Å². The molecule has 0 saturated carbocycles. The minimum absolute atomic E-state index is 0. The molecule has 2 heterocycles. The average molecular weight is 385 g/mol. The van der Waals surface area contributed by atoms with E-state index in [0.29, 0.717) is 16.8 Å². The lowest BCUT2D eigenvalue weighted by Crippen LogP contribution is -2.42. The van der Waals surface area contributed by atoms with Gasteiger partial charge in [-0.15, -0.1) is 22.6 Å². The summed E-state index contributed by atoms with van der Waals surface area (Å²) in [6, 6.07) is 7.21. The molecule has 0 spiro atoms. The van der Waals surface area contributed by atoms with E-state index in [1.54, 1.807) is 12.1 Å². The zero-order valence-electron chi connectivity index (χ0n) is 14.1. The zero-order valence-corrected chi connectivity index (χ0v) is 15.6. The van der Waals surface area contributed by atoms with Gasteiger partial charge in [0.2, 0.25) is 11.7 Å². The second-order valence-corrected chi connectivity index (χ2v) is 6.47. The molecule has 2 aromatic rings. The number of aromatic nitrogens is 4. The van der Waals surface area contributed by atoms with Gasteiger partial charge in [0.15, 0.2) is 0 Å². The lowest BCUT2D eigenvalue weighted by molar-refractivity contribution is -0.133. The molecular weight excluding hydrogens is 363 g/mol. The molecule has 7 nitrogen and oxygen atoms in total. The fourth-order valence-electron chi connectivity index (χ4n) is 2.92. The molecule has 1 aromatic heterocycles. The van der Waals surface area contributed by atoms with Crippen LogP contribution >= 0.6 is 24.0 Å². The van der Waals surface area contributed by atoms with Crippen LogP contribution in [0.4, 0.5) is 0 Å². The Kier molecular flexibility index (Phi) is 7.16. The molecule has 0 unspecified atom stereocenters. The Morgan fingerprint density at radius 1 is 1.28 bits per heavy atom. The minimum atomic E-state index is 0. The van der Waals surface area contributed by atoms with E-state index in [4.69, 9.17) is 11.6 Å². The molecule has 1 saturated heterocycles. The number of hydrogen-bond donors (Lipinski definition) is 1. The van der Waals surface area contributed by atoms with Gasteiger partial charge < -0.3 is 10.2 Å². The summed E-state index contributed by atoms with van der Waals surface area (Å²) in [7, 11) is 1.96. The Bertz CT molecular complexity index is 682. The molecule has 3 rings (SSSR count). The number of likely N-dealkylation sites (tertiary alicyclic amines) is 1. The molecule has 1 aromatic carbocycles. The lowest BCUT2D eigenvalue weighted by Gasteiger charge is -2.31. The van der Waals surface area contributed by atoms with E-state index in [9.17, 15) is 4.79 Å². The number of carbonyl (C=O) groups excluding carboxylic acids is 1. The van der Waals surface area contributed by atoms with Gasteiger partial charge in [0, 0.05) is 23.7 Å². The number of benzene rings is 1. The second kappa shape index (κ2) is 9.12. The number of nitrogens with zero attached hydrogens (tertiary/aromatic N) is 5. The van der Waals surface area contributed by atoms with Gasteiger partial charge in [0.25, 0.3) is 0 Å². The van der Waals surface area contributed by atoms with Crippen LogP contribution < -0.4 is 5.32 Å². The summed E-state index contributed by atoms with van der Waals surface area (Å²) in [4.78, 5) is 15.6. The van der Waals surface area contributed by atoms with Gasteiger partial charge in [0.1, 0.15) is 6.54 Å². The van der Waals surface area contributed by atoms with Crippen molar-refractivity contribution in [2.24, 2.45) is 5.92 Å². The summed E-state index contributed by atoms with van der Waals surface area (Å²) in [5.41, 5.74) is 0.825. The molecule has 1 amide bonds. The van der Waals surface area contributed by atoms with Crippen LogP contribution in [0.5, 0.6) is 0 Å². The first-order valence-corrected chi connectivity index (χ1v) is 8.49. The number of piperidine rings is 1. The van der Waals surface area contributed by atoms with Crippen molar-refractivity contribution < 1.29 is 4.79 Å². The molecular formula is C16H22Cl2N6O. The molecule has 136 valence electrons. The predicted molar refractivity (Wildman–Crippen MR) is 98.7 cm³/mol. The molecule has 0 radical (unpaired) electrons. The average Bonchev–Trinajstić information content (AvgIpc) is 3.05. The first-order valence-electron chi connectivity index (χ1n) is 8.12. The summed E-state index contributed by atoms with van der Waals surface area (Å²) in [6.45, 7) is 2.72. The van der Waals surface area contributed by atoms with E-state index in [-0.39, 0.29) is 24.9 Å². The van der Waals surface area contributed by atoms with Crippen molar-refractivity contribution in [2.75, 3.05) is 26.7 Å². The third kappa shape index (κ3) is 5.14. The lowest BCUT2D eigenvalue weighted by atomic mass is 9.97. The summed E-state index contributed by atoms with van der Waals surface area (Å²) >= 11 is 5.87. The topological polar surface area (TPSA) is 75.9 Å². The number of nitrogens with one attached hydrogen (secondary N) is 1. The van der Waals surface area contributed by atoms with Crippen LogP contribution in [0.2, 0.25) is 5.02 Å². The second-order valence-electron chi connectivity index (χ2n) is 6.03. The van der Waals surface area contributed by atoms with Gasteiger partial charge in [-0.3, -0.25) is 4.79 Å². The van der Waals surface area contributed by atoms with Crippen LogP contribution in [0.1, 0.15) is 12.8 Å². The number of rotatable bonds is 5. The fourth-order valence-corrected chi connectivity index (χ4v) is 3.05. The van der Waals surface area contributed by atoms with Crippen molar-refractivity contribution in [1.82, 2.24) is 30.4 Å². The van der Waals surface area contributed by atoms with Crippen LogP contribution in [0.3, 0.4) is 0 Å². The highest BCUT2D eigenvalue weighted by atomic mass is 35.5. The standard InChI is InChI=1S/C16H21ClN6O.ClH/c1-18-10-12-6-8-22(9-7-12)15(24)11-23-20-16(19-21-23)13-2-4-14(17)5-3-13;/h2-5,12,18H,6-11H2,1H3;1H. The van der Waals surface area contributed by atoms with E-state index in [1.165, 1.54) is 4.80 Å². The molecule has 1 aliphatic rings. The van der Waals surface area contributed by atoms with Gasteiger partial charge in [-0.1, -0.05) is 11.6 Å². The van der Waals surface area contributed by atoms with Gasteiger partial charge >= 0.3 is 0 Å². The molecule has 0 aliphatic carbocycles. The number of carbonyl (C=O) groups is 1. The third-order valence-corrected chi connectivity index (χ3v) is 4.54. The first-order chi connectivity index (χ1) is 11.7. The maximum Gasteiger partial charge on any atom is 0.246 e. The smallest absolute Gasteiger partial charge is 0.246 e. The Balaban J connectivity index is 0.00000225. The van der Waals surface area contributed by atoms with E-state index in [1.807, 2.05) is 24.1 Å². The molecule has 1 aliphatic heterocycles. The van der Waals surface area contributed by atoms with Crippen LogP contribution in [-0.4, -0.2) is 57.7 Å². The number of hydrogen-bond acceptors (Lipinski definition) is 5. The van der Waals surface area contributed by atoms with Crippen LogP contribution in [-0.2, 0) is 11.3 Å². The summed E-state index contributed by atoms with van der Waals surface area (Å²) in [5, 5.41) is 16.1. The van der Waals surface area contributed by atoms with Crippen molar-refractivity contribution in [3.8, 4) is 11.4 Å². The summed E-state index contributed by atoms with van der Waals surface area (Å²) in [5.74, 6) is 1.19. The molecule has 0 atom stereocenters. The van der Waals surface area contributed by atoms with Crippen molar-refractivity contribution in [3.63, 3.8) is 0 Å². The van der Waals surface area contributed by atoms with Gasteiger partial charge in [-0.05, 0) is 61.8 Å². The highest BCUT2D eigenvalue weighted by molar-refractivity contribution is 6.30. The SMILES string of the molecule is CNCC1CCN(C(=O)Cn2nnc(-c3ccc(Cl)cc3)n2)CC1.Cl. The Labute approximate surface area is 158 Å². The largest absolute Gasteiger partial charge is 0.341 e. The van der Waals surface area contributed by atoms with Gasteiger partial charge in [-0.25, -0.2) is 0 Å². The number of halogens is 2. The third-order valence-electron chi connectivity index (χ3n) is 4.29. The quantitative estimate of drug-likeness (QED) is 0.851. The van der Waals surface area contributed by atoms with Crippen molar-refractivity contribution in [3.05, 3.63) is 29.3 Å². The van der Waals surface area contributed by atoms with E-state index < -0.39 is 0 Å². The van der Waals surface area contributed by atoms with E-state index in [0.717, 1.165) is 38.0 Å². The minimum Gasteiger partial charge on any atom is -0.341 e. The van der Waals surface area contributed by atoms with Crippen LogP contribution in [0, 0.1) is 5.92 Å². The number of tetrazole rings is 1. The number of amides is 1. The van der Waals surface area contributed by atoms with Crippen molar-refractivity contribution in [1.29, 1.82) is 0 Å². The Morgan fingerprint density at radius 2 is 1.96 bits per heavy atom. The van der Waals surface area contributed by atoms with Crippen LogP contribution in [0.15, 0.2) is 24.3 Å². The molecule has 25 heavy (non-hydrogen) atoms. The maximum absolute atomic E-state index is 12.4. The highest BCUT2D eigenvalue weighted by Gasteiger charge is 2.23. The fraction of sp³-hybridized carbons (Fsp3) is 0.500. The first kappa shape index (κ1) is 19.6. The normalized spacial score (nSPS) is 15.0. The van der Waals surface area contributed by atoms with Crippen LogP contribution in [0.25, 0.3) is 11.4 Å². The maximum atomic E-state index is 12.4.